The van der Waals surface area contributed by atoms with Gasteiger partial charge in [-0.05, 0) is 73.3 Å². The van der Waals surface area contributed by atoms with Crippen LogP contribution >= 0.6 is 11.6 Å². The molecule has 5 rings (SSSR count). The molecule has 21 heavy (non-hydrogen) atoms. The Kier molecular flexibility index (Phi) is 3.31. The van der Waals surface area contributed by atoms with E-state index in [-0.39, 0.29) is 22.4 Å². The van der Waals surface area contributed by atoms with Crippen LogP contribution < -0.4 is 0 Å². The highest BCUT2D eigenvalue weighted by molar-refractivity contribution is 6.31. The van der Waals surface area contributed by atoms with Gasteiger partial charge in [0.1, 0.15) is 5.82 Å². The third-order valence-corrected chi connectivity index (χ3v) is 6.66. The first-order chi connectivity index (χ1) is 10.1. The van der Waals surface area contributed by atoms with Crippen molar-refractivity contribution in [1.29, 1.82) is 0 Å². The monoisotopic (exact) mass is 308 g/mol. The highest BCUT2D eigenvalue weighted by atomic mass is 35.5. The minimum absolute atomic E-state index is 0.0738. The molecule has 4 aliphatic rings. The summed E-state index contributed by atoms with van der Waals surface area (Å²) in [4.78, 5) is 0. The molecule has 0 radical (unpaired) electrons. The van der Waals surface area contributed by atoms with Gasteiger partial charge >= 0.3 is 0 Å². The summed E-state index contributed by atoms with van der Waals surface area (Å²) in [6, 6.07) is 4.90. The van der Waals surface area contributed by atoms with Crippen LogP contribution in [0.2, 0.25) is 5.02 Å². The molecule has 1 N–H and O–H groups in total. The molecule has 0 saturated heterocycles. The first-order valence-electron chi connectivity index (χ1n) is 8.17. The molecule has 4 bridgehead atoms. The fraction of sp³-hybridized carbons (Fsp3) is 0.667. The minimum Gasteiger partial charge on any atom is -0.392 e. The van der Waals surface area contributed by atoms with E-state index in [1.54, 1.807) is 6.07 Å². The van der Waals surface area contributed by atoms with Gasteiger partial charge in [0.2, 0.25) is 0 Å². The van der Waals surface area contributed by atoms with E-state index in [4.69, 9.17) is 11.6 Å². The Morgan fingerprint density at radius 2 is 1.71 bits per heavy atom. The smallest absolute Gasteiger partial charge is 0.142 e. The van der Waals surface area contributed by atoms with E-state index < -0.39 is 0 Å². The van der Waals surface area contributed by atoms with E-state index in [0.29, 0.717) is 6.42 Å². The molecule has 0 amide bonds. The molecule has 0 aromatic heterocycles. The number of hydrogen-bond donors (Lipinski definition) is 1. The third kappa shape index (κ3) is 2.31. The van der Waals surface area contributed by atoms with Crippen molar-refractivity contribution in [3.05, 3.63) is 34.6 Å². The maximum atomic E-state index is 13.6. The van der Waals surface area contributed by atoms with Crippen molar-refractivity contribution in [3.8, 4) is 0 Å². The van der Waals surface area contributed by atoms with E-state index in [2.05, 4.69) is 0 Å². The zero-order valence-electron chi connectivity index (χ0n) is 12.2. The van der Waals surface area contributed by atoms with E-state index in [9.17, 15) is 9.50 Å². The van der Waals surface area contributed by atoms with Crippen LogP contribution in [0.15, 0.2) is 18.2 Å². The van der Waals surface area contributed by atoms with Crippen molar-refractivity contribution in [2.75, 3.05) is 0 Å². The van der Waals surface area contributed by atoms with Gasteiger partial charge in [0, 0.05) is 6.42 Å². The summed E-state index contributed by atoms with van der Waals surface area (Å²) in [5.74, 6) is 2.06. The van der Waals surface area contributed by atoms with Crippen molar-refractivity contribution >= 4 is 11.6 Å². The third-order valence-electron chi connectivity index (χ3n) is 6.24. The second kappa shape index (κ2) is 4.96. The summed E-state index contributed by atoms with van der Waals surface area (Å²) in [6.45, 7) is 0. The van der Waals surface area contributed by atoms with Crippen LogP contribution in [-0.4, -0.2) is 11.2 Å². The van der Waals surface area contributed by atoms with Gasteiger partial charge in [-0.1, -0.05) is 23.7 Å². The van der Waals surface area contributed by atoms with Gasteiger partial charge in [0.25, 0.3) is 0 Å². The summed E-state index contributed by atoms with van der Waals surface area (Å²) in [5.41, 5.74) is 0.824. The van der Waals surface area contributed by atoms with E-state index in [1.807, 2.05) is 6.07 Å². The standard InChI is InChI=1S/C18H22ClFO/c19-17-14(2-1-3-15(17)20)7-16(21)18-8-11-4-12(9-18)6-13(5-11)10-18/h1-3,11-13,16,21H,4-10H2. The molecule has 1 unspecified atom stereocenters. The lowest BCUT2D eigenvalue weighted by atomic mass is 9.48. The zero-order valence-corrected chi connectivity index (χ0v) is 13.0. The average Bonchev–Trinajstić information content (AvgIpc) is 2.42. The molecule has 4 aliphatic carbocycles. The minimum atomic E-state index is -0.384. The van der Waals surface area contributed by atoms with Crippen LogP contribution in [-0.2, 0) is 6.42 Å². The number of halogens is 2. The predicted molar refractivity (Wildman–Crippen MR) is 81.7 cm³/mol. The molecule has 0 aliphatic heterocycles. The summed E-state index contributed by atoms with van der Waals surface area (Å²) in [6.07, 6.45) is 7.69. The maximum absolute atomic E-state index is 13.6. The Morgan fingerprint density at radius 3 is 2.29 bits per heavy atom. The van der Waals surface area contributed by atoms with Crippen LogP contribution in [0.4, 0.5) is 4.39 Å². The second-order valence-corrected chi connectivity index (χ2v) is 8.09. The molecule has 0 heterocycles. The molecular formula is C18H22ClFO. The molecule has 4 saturated carbocycles. The molecular weight excluding hydrogens is 287 g/mol. The van der Waals surface area contributed by atoms with Gasteiger partial charge in [-0.3, -0.25) is 0 Å². The van der Waals surface area contributed by atoms with Gasteiger partial charge in [-0.15, -0.1) is 0 Å². The predicted octanol–water partition coefficient (Wildman–Crippen LogP) is 4.60. The number of hydrogen-bond acceptors (Lipinski definition) is 1. The number of benzene rings is 1. The van der Waals surface area contributed by atoms with Crippen molar-refractivity contribution in [1.82, 2.24) is 0 Å². The quantitative estimate of drug-likeness (QED) is 0.865. The first kappa shape index (κ1) is 14.0. The van der Waals surface area contributed by atoms with Crippen LogP contribution in [0.5, 0.6) is 0 Å². The molecule has 1 aromatic rings. The zero-order chi connectivity index (χ0) is 14.6. The lowest BCUT2D eigenvalue weighted by Crippen LogP contribution is -2.52. The number of aliphatic hydroxyl groups is 1. The van der Waals surface area contributed by atoms with Gasteiger partial charge < -0.3 is 5.11 Å². The average molecular weight is 309 g/mol. The molecule has 0 spiro atoms. The Balaban J connectivity index is 1.57. The van der Waals surface area contributed by atoms with E-state index in [1.165, 1.54) is 25.3 Å². The van der Waals surface area contributed by atoms with Crippen molar-refractivity contribution in [2.24, 2.45) is 23.2 Å². The molecule has 1 aromatic carbocycles. The summed E-state index contributed by atoms with van der Waals surface area (Å²) in [7, 11) is 0. The van der Waals surface area contributed by atoms with Gasteiger partial charge in [-0.25, -0.2) is 4.39 Å². The van der Waals surface area contributed by atoms with E-state index >= 15 is 0 Å². The SMILES string of the molecule is OC(Cc1cccc(F)c1Cl)C12CC3CC(CC(C3)C1)C2. The molecule has 4 fully saturated rings. The largest absolute Gasteiger partial charge is 0.392 e. The summed E-state index contributed by atoms with van der Waals surface area (Å²) in [5, 5.41) is 11.1. The Hall–Kier alpha value is -0.600. The molecule has 114 valence electrons. The summed E-state index contributed by atoms with van der Waals surface area (Å²) >= 11 is 6.06. The molecule has 1 atom stereocenters. The highest BCUT2D eigenvalue weighted by Gasteiger charge is 2.53. The Bertz CT molecular complexity index is 521. The lowest BCUT2D eigenvalue weighted by Gasteiger charge is -2.58. The normalized spacial score (nSPS) is 38.7. The maximum Gasteiger partial charge on any atom is 0.142 e. The first-order valence-corrected chi connectivity index (χ1v) is 8.54. The van der Waals surface area contributed by atoms with E-state index in [0.717, 1.165) is 42.6 Å². The topological polar surface area (TPSA) is 20.2 Å². The number of rotatable bonds is 3. The Morgan fingerprint density at radius 1 is 1.14 bits per heavy atom. The van der Waals surface area contributed by atoms with Crippen LogP contribution in [0.3, 0.4) is 0 Å². The van der Waals surface area contributed by atoms with Crippen molar-refractivity contribution in [3.63, 3.8) is 0 Å². The van der Waals surface area contributed by atoms with Gasteiger partial charge in [0.15, 0.2) is 0 Å². The van der Waals surface area contributed by atoms with Crippen molar-refractivity contribution in [2.45, 2.75) is 51.0 Å². The van der Waals surface area contributed by atoms with Crippen LogP contribution in [0, 0.1) is 29.0 Å². The fourth-order valence-electron chi connectivity index (χ4n) is 5.72. The number of aliphatic hydroxyl groups excluding tert-OH is 1. The van der Waals surface area contributed by atoms with Gasteiger partial charge in [-0.2, -0.15) is 0 Å². The van der Waals surface area contributed by atoms with Crippen LogP contribution in [0.1, 0.15) is 44.1 Å². The highest BCUT2D eigenvalue weighted by Crippen LogP contribution is 2.61. The molecule has 1 nitrogen and oxygen atoms in total. The Labute approximate surface area is 130 Å². The second-order valence-electron chi connectivity index (χ2n) is 7.71. The molecule has 3 heteroatoms. The summed E-state index contributed by atoms with van der Waals surface area (Å²) < 4.78 is 13.6. The lowest BCUT2D eigenvalue weighted by molar-refractivity contribution is -0.119. The van der Waals surface area contributed by atoms with Gasteiger partial charge in [0.05, 0.1) is 11.1 Å². The van der Waals surface area contributed by atoms with Crippen molar-refractivity contribution < 1.29 is 9.50 Å². The fourth-order valence-corrected chi connectivity index (χ4v) is 5.92. The van der Waals surface area contributed by atoms with Crippen LogP contribution in [0.25, 0.3) is 0 Å².